The number of fused-ring (bicyclic) bond motifs is 1. The first kappa shape index (κ1) is 21.3. The lowest BCUT2D eigenvalue weighted by molar-refractivity contribution is 0.0521. The van der Waals surface area contributed by atoms with Crippen LogP contribution in [0.2, 0.25) is 5.28 Å². The summed E-state index contributed by atoms with van der Waals surface area (Å²) in [5.74, 6) is 5.43. The Kier molecular flexibility index (Phi) is 5.55. The van der Waals surface area contributed by atoms with E-state index in [0.29, 0.717) is 28.2 Å². The van der Waals surface area contributed by atoms with Crippen LogP contribution in [0.4, 0.5) is 9.18 Å². The largest absolute Gasteiger partial charge is 0.442 e. The van der Waals surface area contributed by atoms with Crippen molar-refractivity contribution >= 4 is 28.6 Å². The van der Waals surface area contributed by atoms with E-state index < -0.39 is 17.5 Å². The molecule has 0 aliphatic carbocycles. The molecular weight excluding hydrogens is 435 g/mol. The van der Waals surface area contributed by atoms with Gasteiger partial charge in [-0.15, -0.1) is 0 Å². The average Bonchev–Trinajstić information content (AvgIpc) is 3.16. The molecule has 3 aromatic heterocycles. The zero-order valence-corrected chi connectivity index (χ0v) is 18.1. The highest BCUT2D eigenvalue weighted by Crippen LogP contribution is 2.21. The van der Waals surface area contributed by atoms with Gasteiger partial charge in [0.1, 0.15) is 22.5 Å². The fraction of sp³-hybridized carbons (Fsp3) is 0.182. The zero-order valence-electron chi connectivity index (χ0n) is 17.3. The normalized spacial score (nSPS) is 11.2. The van der Waals surface area contributed by atoms with Gasteiger partial charge in [0.05, 0.1) is 6.20 Å². The number of aromatic nitrogens is 6. The third-order valence-electron chi connectivity index (χ3n) is 4.03. The van der Waals surface area contributed by atoms with Crippen molar-refractivity contribution in [3.05, 3.63) is 65.2 Å². The van der Waals surface area contributed by atoms with Crippen molar-refractivity contribution in [2.24, 2.45) is 0 Å². The molecule has 10 heteroatoms. The van der Waals surface area contributed by atoms with Gasteiger partial charge < -0.3 is 4.74 Å². The number of carbonyl (C=O) groups is 1. The highest BCUT2D eigenvalue weighted by atomic mass is 35.5. The average molecular weight is 451 g/mol. The van der Waals surface area contributed by atoms with Crippen molar-refractivity contribution in [2.75, 3.05) is 0 Å². The van der Waals surface area contributed by atoms with Crippen LogP contribution in [0, 0.1) is 17.7 Å². The minimum absolute atomic E-state index is 0.0229. The predicted molar refractivity (Wildman–Crippen MR) is 115 cm³/mol. The van der Waals surface area contributed by atoms with Gasteiger partial charge in [0.25, 0.3) is 0 Å². The molecule has 0 bridgehead atoms. The second kappa shape index (κ2) is 8.32. The van der Waals surface area contributed by atoms with Gasteiger partial charge in [0.2, 0.25) is 5.28 Å². The number of halogens is 2. The van der Waals surface area contributed by atoms with Crippen LogP contribution in [-0.4, -0.2) is 41.4 Å². The summed E-state index contributed by atoms with van der Waals surface area (Å²) in [7, 11) is 0. The molecule has 0 aliphatic heterocycles. The van der Waals surface area contributed by atoms with E-state index in [9.17, 15) is 9.18 Å². The van der Waals surface area contributed by atoms with E-state index in [4.69, 9.17) is 16.3 Å². The Morgan fingerprint density at radius 1 is 1.12 bits per heavy atom. The van der Waals surface area contributed by atoms with Crippen molar-refractivity contribution in [1.29, 1.82) is 0 Å². The Labute approximate surface area is 187 Å². The summed E-state index contributed by atoms with van der Waals surface area (Å²) >= 11 is 5.81. The van der Waals surface area contributed by atoms with E-state index in [-0.39, 0.29) is 10.8 Å². The minimum Gasteiger partial charge on any atom is -0.442 e. The van der Waals surface area contributed by atoms with Crippen molar-refractivity contribution in [3.63, 3.8) is 0 Å². The molecule has 32 heavy (non-hydrogen) atoms. The topological polar surface area (TPSA) is 95.7 Å². The third kappa shape index (κ3) is 4.71. The van der Waals surface area contributed by atoms with Gasteiger partial charge >= 0.3 is 6.09 Å². The maximum atomic E-state index is 14.8. The maximum absolute atomic E-state index is 14.8. The molecule has 160 valence electrons. The molecule has 0 saturated carbocycles. The van der Waals surface area contributed by atoms with Gasteiger partial charge in [0, 0.05) is 23.3 Å². The second-order valence-corrected chi connectivity index (χ2v) is 8.00. The number of ether oxygens (including phenoxy) is 1. The smallest absolute Gasteiger partial charge is 0.435 e. The molecule has 1 aromatic carbocycles. The summed E-state index contributed by atoms with van der Waals surface area (Å²) < 4.78 is 21.0. The summed E-state index contributed by atoms with van der Waals surface area (Å²) in [6, 6.07) is 6.11. The summed E-state index contributed by atoms with van der Waals surface area (Å²) in [6.45, 7) is 5.16. The molecule has 3 heterocycles. The predicted octanol–water partition coefficient (Wildman–Crippen LogP) is 4.26. The number of hydrogen-bond donors (Lipinski definition) is 0. The molecule has 0 spiro atoms. The highest BCUT2D eigenvalue weighted by molar-refractivity contribution is 6.28. The molecule has 0 saturated heterocycles. The first-order valence-corrected chi connectivity index (χ1v) is 9.82. The summed E-state index contributed by atoms with van der Waals surface area (Å²) in [4.78, 5) is 28.7. The molecule has 0 aliphatic rings. The number of nitrogens with zero attached hydrogens (tertiary/aromatic N) is 6. The Hall–Kier alpha value is -3.90. The number of hydrogen-bond acceptors (Lipinski definition) is 7. The fourth-order valence-electron chi connectivity index (χ4n) is 2.78. The summed E-state index contributed by atoms with van der Waals surface area (Å²) in [5.41, 5.74) is 0.550. The monoisotopic (exact) mass is 450 g/mol. The lowest BCUT2D eigenvalue weighted by atomic mass is 10.1. The molecular formula is C22H16ClFN6O2. The van der Waals surface area contributed by atoms with Crippen LogP contribution in [0.5, 0.6) is 0 Å². The first-order valence-electron chi connectivity index (χ1n) is 9.44. The molecule has 0 atom stereocenters. The van der Waals surface area contributed by atoms with Crippen LogP contribution >= 0.6 is 11.6 Å². The zero-order chi connectivity index (χ0) is 22.9. The highest BCUT2D eigenvalue weighted by Gasteiger charge is 2.21. The lowest BCUT2D eigenvalue weighted by Crippen LogP contribution is -2.27. The molecule has 0 N–H and O–H groups in total. The minimum atomic E-state index is -0.761. The van der Waals surface area contributed by atoms with E-state index in [2.05, 4.69) is 36.9 Å². The Balaban J connectivity index is 1.64. The van der Waals surface area contributed by atoms with E-state index in [1.165, 1.54) is 24.7 Å². The molecule has 8 nitrogen and oxygen atoms in total. The Morgan fingerprint density at radius 3 is 2.66 bits per heavy atom. The van der Waals surface area contributed by atoms with Gasteiger partial charge in [-0.1, -0.05) is 5.92 Å². The van der Waals surface area contributed by atoms with Crippen LogP contribution in [-0.2, 0) is 4.74 Å². The van der Waals surface area contributed by atoms with E-state index >= 15 is 0 Å². The van der Waals surface area contributed by atoms with Crippen molar-refractivity contribution in [3.8, 4) is 23.4 Å². The number of benzene rings is 1. The Bertz CT molecular complexity index is 1400. The molecule has 4 aromatic rings. The summed E-state index contributed by atoms with van der Waals surface area (Å²) in [5, 5.41) is 4.46. The van der Waals surface area contributed by atoms with Gasteiger partial charge in [0.15, 0.2) is 11.6 Å². The van der Waals surface area contributed by atoms with E-state index in [1.807, 2.05) is 0 Å². The molecule has 0 unspecified atom stereocenters. The Morgan fingerprint density at radius 2 is 1.91 bits per heavy atom. The third-order valence-corrected chi connectivity index (χ3v) is 4.21. The van der Waals surface area contributed by atoms with Crippen LogP contribution in [0.15, 0.2) is 42.9 Å². The number of carbonyl (C=O) groups excluding carboxylic acids is 1. The van der Waals surface area contributed by atoms with Crippen LogP contribution in [0.25, 0.3) is 22.4 Å². The van der Waals surface area contributed by atoms with Crippen molar-refractivity contribution in [2.45, 2.75) is 26.4 Å². The molecule has 0 fully saturated rings. The van der Waals surface area contributed by atoms with Gasteiger partial charge in [-0.3, -0.25) is 0 Å². The second-order valence-electron chi connectivity index (χ2n) is 7.66. The van der Waals surface area contributed by atoms with Gasteiger partial charge in [-0.2, -0.15) is 9.78 Å². The van der Waals surface area contributed by atoms with Crippen LogP contribution < -0.4 is 0 Å². The van der Waals surface area contributed by atoms with Crippen LogP contribution in [0.3, 0.4) is 0 Å². The molecule has 0 amide bonds. The molecule has 0 radical (unpaired) electrons. The quantitative estimate of drug-likeness (QED) is 0.316. The van der Waals surface area contributed by atoms with E-state index in [1.54, 1.807) is 39.0 Å². The SMILES string of the molecule is CC(C)(C)OC(=O)n1ncc2cc(C#Cc3ccnc(-c4ccnc(Cl)n4)n3)cc(F)c21. The van der Waals surface area contributed by atoms with E-state index in [0.717, 1.165) is 4.68 Å². The standard InChI is InChI=1S/C22H16ClFN6O2/c1-22(2,3)32-21(31)30-18-14(12-27-30)10-13(11-16(18)24)4-5-15-6-8-25-19(28-15)17-7-9-26-20(23)29-17/h6-12H,1-3H3. The van der Waals surface area contributed by atoms with Gasteiger partial charge in [-0.05, 0) is 62.6 Å². The summed E-state index contributed by atoms with van der Waals surface area (Å²) in [6.07, 6.45) is 3.66. The number of rotatable bonds is 1. The van der Waals surface area contributed by atoms with Crippen molar-refractivity contribution in [1.82, 2.24) is 29.7 Å². The van der Waals surface area contributed by atoms with Crippen molar-refractivity contribution < 1.29 is 13.9 Å². The van der Waals surface area contributed by atoms with Crippen LogP contribution in [0.1, 0.15) is 32.0 Å². The van der Waals surface area contributed by atoms with Gasteiger partial charge in [-0.25, -0.2) is 29.1 Å². The lowest BCUT2D eigenvalue weighted by Gasteiger charge is -2.19. The molecule has 4 rings (SSSR count). The fourth-order valence-corrected chi connectivity index (χ4v) is 2.93. The first-order chi connectivity index (χ1) is 15.2. The maximum Gasteiger partial charge on any atom is 0.435 e.